The van der Waals surface area contributed by atoms with Gasteiger partial charge in [-0.2, -0.15) is 0 Å². The van der Waals surface area contributed by atoms with Gasteiger partial charge in [-0.25, -0.2) is 4.79 Å². The predicted octanol–water partition coefficient (Wildman–Crippen LogP) is 5.03. The second-order valence-electron chi connectivity index (χ2n) is 6.40. The molecule has 1 aromatic heterocycles. The summed E-state index contributed by atoms with van der Waals surface area (Å²) in [6.07, 6.45) is 6.24. The summed E-state index contributed by atoms with van der Waals surface area (Å²) in [4.78, 5) is 28.4. The summed E-state index contributed by atoms with van der Waals surface area (Å²) in [6.45, 7) is 8.31. The zero-order valence-corrected chi connectivity index (χ0v) is 15.3. The van der Waals surface area contributed by atoms with Gasteiger partial charge >= 0.3 is 5.97 Å². The molecule has 1 aromatic rings. The minimum atomic E-state index is -0.405. The van der Waals surface area contributed by atoms with E-state index in [4.69, 9.17) is 4.74 Å². The van der Waals surface area contributed by atoms with Gasteiger partial charge in [-0.3, -0.25) is 4.79 Å². The molecule has 0 fully saturated rings. The number of aromatic amines is 1. The Hall–Kier alpha value is -1.58. The van der Waals surface area contributed by atoms with E-state index in [-0.39, 0.29) is 11.7 Å². The number of carbonyl (C=O) groups excluding carboxylic acids is 2. The van der Waals surface area contributed by atoms with Gasteiger partial charge in [0, 0.05) is 17.8 Å². The van der Waals surface area contributed by atoms with E-state index < -0.39 is 5.97 Å². The van der Waals surface area contributed by atoms with Crippen LogP contribution in [0.15, 0.2) is 0 Å². The van der Waals surface area contributed by atoms with Crippen LogP contribution in [-0.2, 0) is 11.2 Å². The Morgan fingerprint density at radius 1 is 1.04 bits per heavy atom. The van der Waals surface area contributed by atoms with Crippen molar-refractivity contribution in [1.29, 1.82) is 0 Å². The van der Waals surface area contributed by atoms with Crippen molar-refractivity contribution in [3.05, 3.63) is 22.5 Å². The molecule has 1 heterocycles. The summed E-state index contributed by atoms with van der Waals surface area (Å²) in [7, 11) is 1.37. The molecule has 130 valence electrons. The number of nitrogens with one attached hydrogen (secondary N) is 1. The first kappa shape index (κ1) is 19.5. The maximum absolute atomic E-state index is 12.7. The summed E-state index contributed by atoms with van der Waals surface area (Å²) in [5.74, 6) is -0.182. The van der Waals surface area contributed by atoms with Crippen LogP contribution in [0.2, 0.25) is 0 Å². The molecular formula is C19H31NO3. The highest BCUT2D eigenvalue weighted by Gasteiger charge is 2.28. The molecule has 23 heavy (non-hydrogen) atoms. The first-order valence-electron chi connectivity index (χ1n) is 8.84. The standard InChI is InChI=1S/C19H31NO3/c1-6-8-10-12-15(21)17-16(19(22)23-5)14(11-9-7-2)20-18(17)13(3)4/h13,20H,6-12H2,1-5H3. The number of Topliss-reactive ketones (excluding diaryl/α,β-unsaturated/α-hetero) is 1. The van der Waals surface area contributed by atoms with Crippen LogP contribution in [-0.4, -0.2) is 23.8 Å². The van der Waals surface area contributed by atoms with Crippen molar-refractivity contribution < 1.29 is 14.3 Å². The van der Waals surface area contributed by atoms with Crippen molar-refractivity contribution in [3.8, 4) is 0 Å². The Labute approximate surface area is 140 Å². The van der Waals surface area contributed by atoms with Gasteiger partial charge in [-0.05, 0) is 25.2 Å². The smallest absolute Gasteiger partial charge is 0.340 e. The van der Waals surface area contributed by atoms with Gasteiger partial charge in [0.15, 0.2) is 5.78 Å². The molecule has 0 saturated carbocycles. The predicted molar refractivity (Wildman–Crippen MR) is 93.3 cm³/mol. The molecule has 0 bridgehead atoms. The monoisotopic (exact) mass is 321 g/mol. The van der Waals surface area contributed by atoms with E-state index in [9.17, 15) is 9.59 Å². The van der Waals surface area contributed by atoms with E-state index in [0.717, 1.165) is 49.9 Å². The number of ketones is 1. The molecule has 0 amide bonds. The van der Waals surface area contributed by atoms with Gasteiger partial charge < -0.3 is 9.72 Å². The van der Waals surface area contributed by atoms with Crippen LogP contribution < -0.4 is 0 Å². The highest BCUT2D eigenvalue weighted by molar-refractivity contribution is 6.08. The number of methoxy groups -OCH3 is 1. The molecule has 0 spiro atoms. The summed E-state index contributed by atoms with van der Waals surface area (Å²) in [6, 6.07) is 0. The second kappa shape index (κ2) is 9.53. The number of ether oxygens (including phenoxy) is 1. The topological polar surface area (TPSA) is 59.2 Å². The van der Waals surface area contributed by atoms with Crippen LogP contribution in [0, 0.1) is 0 Å². The third-order valence-electron chi connectivity index (χ3n) is 4.14. The van der Waals surface area contributed by atoms with Crippen LogP contribution in [0.25, 0.3) is 0 Å². The van der Waals surface area contributed by atoms with Crippen LogP contribution >= 0.6 is 0 Å². The van der Waals surface area contributed by atoms with Crippen molar-refractivity contribution in [3.63, 3.8) is 0 Å². The normalized spacial score (nSPS) is 11.0. The fraction of sp³-hybridized carbons (Fsp3) is 0.684. The highest BCUT2D eigenvalue weighted by atomic mass is 16.5. The number of hydrogen-bond acceptors (Lipinski definition) is 3. The molecule has 0 unspecified atom stereocenters. The van der Waals surface area contributed by atoms with Gasteiger partial charge in [-0.1, -0.05) is 47.0 Å². The molecular weight excluding hydrogens is 290 g/mol. The fourth-order valence-corrected chi connectivity index (χ4v) is 2.82. The Kier molecular flexibility index (Phi) is 8.07. The quantitative estimate of drug-likeness (QED) is 0.373. The highest BCUT2D eigenvalue weighted by Crippen LogP contribution is 2.29. The molecule has 0 aromatic carbocycles. The molecule has 1 rings (SSSR count). The first-order chi connectivity index (χ1) is 11.0. The first-order valence-corrected chi connectivity index (χ1v) is 8.84. The molecule has 4 heteroatoms. The number of rotatable bonds is 10. The van der Waals surface area contributed by atoms with Gasteiger partial charge in [-0.15, -0.1) is 0 Å². The van der Waals surface area contributed by atoms with E-state index in [1.807, 2.05) is 13.8 Å². The summed E-state index contributed by atoms with van der Waals surface area (Å²) in [5, 5.41) is 0. The van der Waals surface area contributed by atoms with Gasteiger partial charge in [0.05, 0.1) is 18.2 Å². The Bertz CT molecular complexity index is 529. The third-order valence-corrected chi connectivity index (χ3v) is 4.14. The lowest BCUT2D eigenvalue weighted by molar-refractivity contribution is 0.0595. The van der Waals surface area contributed by atoms with E-state index in [0.29, 0.717) is 17.5 Å². The van der Waals surface area contributed by atoms with Crippen molar-refractivity contribution in [1.82, 2.24) is 4.98 Å². The van der Waals surface area contributed by atoms with E-state index >= 15 is 0 Å². The zero-order chi connectivity index (χ0) is 17.4. The largest absolute Gasteiger partial charge is 0.465 e. The third kappa shape index (κ3) is 4.95. The summed E-state index contributed by atoms with van der Waals surface area (Å²) < 4.78 is 4.96. The Morgan fingerprint density at radius 2 is 1.70 bits per heavy atom. The molecule has 0 aliphatic heterocycles. The van der Waals surface area contributed by atoms with Crippen molar-refractivity contribution in [2.75, 3.05) is 7.11 Å². The van der Waals surface area contributed by atoms with Crippen LogP contribution in [0.1, 0.15) is 104 Å². The average molecular weight is 321 g/mol. The molecule has 0 radical (unpaired) electrons. The Balaban J connectivity index is 3.28. The average Bonchev–Trinajstić information content (AvgIpc) is 2.92. The van der Waals surface area contributed by atoms with E-state index in [2.05, 4.69) is 18.8 Å². The minimum absolute atomic E-state index is 0.0570. The number of H-pyrrole nitrogens is 1. The van der Waals surface area contributed by atoms with Gasteiger partial charge in [0.1, 0.15) is 0 Å². The molecule has 4 nitrogen and oxygen atoms in total. The summed E-state index contributed by atoms with van der Waals surface area (Å²) >= 11 is 0. The maximum atomic E-state index is 12.7. The van der Waals surface area contributed by atoms with E-state index in [1.165, 1.54) is 7.11 Å². The van der Waals surface area contributed by atoms with Crippen LogP contribution in [0.5, 0.6) is 0 Å². The Morgan fingerprint density at radius 3 is 2.22 bits per heavy atom. The maximum Gasteiger partial charge on any atom is 0.340 e. The molecule has 1 N–H and O–H groups in total. The lowest BCUT2D eigenvalue weighted by Gasteiger charge is -2.08. The number of esters is 1. The molecule has 0 aliphatic carbocycles. The van der Waals surface area contributed by atoms with Crippen molar-refractivity contribution >= 4 is 11.8 Å². The minimum Gasteiger partial charge on any atom is -0.465 e. The number of carbonyl (C=O) groups is 2. The molecule has 0 atom stereocenters. The van der Waals surface area contributed by atoms with Crippen molar-refractivity contribution in [2.24, 2.45) is 0 Å². The van der Waals surface area contributed by atoms with E-state index in [1.54, 1.807) is 0 Å². The van der Waals surface area contributed by atoms with Gasteiger partial charge in [0.25, 0.3) is 0 Å². The lowest BCUT2D eigenvalue weighted by atomic mass is 9.95. The lowest BCUT2D eigenvalue weighted by Crippen LogP contribution is -2.12. The van der Waals surface area contributed by atoms with Crippen LogP contribution in [0.3, 0.4) is 0 Å². The fourth-order valence-electron chi connectivity index (χ4n) is 2.82. The molecule has 0 aliphatic rings. The van der Waals surface area contributed by atoms with Gasteiger partial charge in [0.2, 0.25) is 0 Å². The summed E-state index contributed by atoms with van der Waals surface area (Å²) in [5.41, 5.74) is 2.75. The molecule has 0 saturated heterocycles. The SMILES string of the molecule is CCCCCC(=O)c1c(C(C)C)[nH]c(CCCC)c1C(=O)OC. The zero-order valence-electron chi connectivity index (χ0n) is 15.3. The number of unbranched alkanes of at least 4 members (excludes halogenated alkanes) is 3. The number of hydrogen-bond donors (Lipinski definition) is 1. The second-order valence-corrected chi connectivity index (χ2v) is 6.40. The van der Waals surface area contributed by atoms with Crippen LogP contribution in [0.4, 0.5) is 0 Å². The number of aromatic nitrogens is 1. The number of aryl methyl sites for hydroxylation is 1. The van der Waals surface area contributed by atoms with Crippen molar-refractivity contribution in [2.45, 2.75) is 78.6 Å².